The van der Waals surface area contributed by atoms with Gasteiger partial charge in [-0.05, 0) is 39.5 Å². The van der Waals surface area contributed by atoms with Gasteiger partial charge in [-0.1, -0.05) is 12.8 Å². The molecular formula is C22H41NO6P+2. The molecule has 173 valence electrons. The van der Waals surface area contributed by atoms with E-state index in [1.54, 1.807) is 13.8 Å². The summed E-state index contributed by atoms with van der Waals surface area (Å²) in [6.07, 6.45) is 11.5. The molecule has 8 heteroatoms. The smallest absolute Gasteiger partial charge is 0.441 e. The number of nitrogens with one attached hydrogen (secondary N) is 1. The number of Topliss-reactive ketones (excluding diaryl/α,β-unsaturated/α-hetero) is 1. The van der Waals surface area contributed by atoms with Crippen LogP contribution in [0.5, 0.6) is 0 Å². The second-order valence-electron chi connectivity index (χ2n) is 8.63. The van der Waals surface area contributed by atoms with Gasteiger partial charge in [-0.25, -0.2) is 13.8 Å². The molecule has 0 aromatic heterocycles. The Labute approximate surface area is 182 Å². The van der Waals surface area contributed by atoms with Gasteiger partial charge in [-0.2, -0.15) is 0 Å². The molecule has 0 spiro atoms. The predicted octanol–water partition coefficient (Wildman–Crippen LogP) is 2.93. The highest BCUT2D eigenvalue weighted by Gasteiger charge is 2.50. The molecule has 1 radical (unpaired) electrons. The number of hydrogen-bond acceptors (Lipinski definition) is 6. The van der Waals surface area contributed by atoms with Gasteiger partial charge in [0.15, 0.2) is 0 Å². The van der Waals surface area contributed by atoms with Crippen molar-refractivity contribution in [3.05, 3.63) is 0 Å². The van der Waals surface area contributed by atoms with E-state index in [9.17, 15) is 14.5 Å². The van der Waals surface area contributed by atoms with Gasteiger partial charge in [0, 0.05) is 32.1 Å². The SMILES string of the molecule is CCO[P+]([O-])(OCC)C(CCC(C)=[O+])C(=O)O[NH+](C1CCCCC1)C1CCCCC1. The first kappa shape index (κ1) is 25.7. The van der Waals surface area contributed by atoms with E-state index in [4.69, 9.17) is 13.9 Å². The lowest BCUT2D eigenvalue weighted by atomic mass is 9.90. The first-order chi connectivity index (χ1) is 14.4. The molecule has 0 bridgehead atoms. The van der Waals surface area contributed by atoms with Crippen molar-refractivity contribution in [1.29, 1.82) is 0 Å². The van der Waals surface area contributed by atoms with Crippen molar-refractivity contribution in [3.63, 3.8) is 0 Å². The van der Waals surface area contributed by atoms with Crippen molar-refractivity contribution in [2.45, 2.75) is 116 Å². The monoisotopic (exact) mass is 446 g/mol. The Hall–Kier alpha value is -0.590. The van der Waals surface area contributed by atoms with Crippen molar-refractivity contribution >= 4 is 19.7 Å². The molecule has 0 saturated heterocycles. The number of hydrogen-bond donors (Lipinski definition) is 1. The third-order valence-electron chi connectivity index (χ3n) is 6.28. The number of ketones is 1. The summed E-state index contributed by atoms with van der Waals surface area (Å²) in [4.78, 5) is 44.5. The van der Waals surface area contributed by atoms with Crippen LogP contribution in [0.4, 0.5) is 0 Å². The Morgan fingerprint density at radius 2 is 1.47 bits per heavy atom. The Bertz CT molecular complexity index is 510. The van der Waals surface area contributed by atoms with E-state index in [-0.39, 0.29) is 43.9 Å². The van der Waals surface area contributed by atoms with Crippen LogP contribution in [-0.2, 0) is 23.5 Å². The van der Waals surface area contributed by atoms with Crippen molar-refractivity contribution < 1.29 is 33.4 Å². The first-order valence-electron chi connectivity index (χ1n) is 11.9. The van der Waals surface area contributed by atoms with Gasteiger partial charge in [0.05, 0.1) is 26.6 Å². The van der Waals surface area contributed by atoms with Gasteiger partial charge in [-0.15, -0.1) is 5.06 Å². The Morgan fingerprint density at radius 3 is 1.87 bits per heavy atom. The fourth-order valence-corrected chi connectivity index (χ4v) is 6.69. The van der Waals surface area contributed by atoms with Crippen LogP contribution in [0.2, 0.25) is 0 Å². The maximum atomic E-state index is 13.4. The molecule has 7 nitrogen and oxygen atoms in total. The number of quaternary nitrogens is 1. The van der Waals surface area contributed by atoms with E-state index >= 15 is 0 Å². The Kier molecular flexibility index (Phi) is 11.2. The van der Waals surface area contributed by atoms with Gasteiger partial charge >= 0.3 is 11.8 Å². The molecular weight excluding hydrogens is 405 g/mol. The lowest BCUT2D eigenvalue weighted by Crippen LogP contribution is -3.19. The lowest BCUT2D eigenvalue weighted by molar-refractivity contribution is -1.11. The lowest BCUT2D eigenvalue weighted by Gasteiger charge is -2.37. The summed E-state index contributed by atoms with van der Waals surface area (Å²) >= 11 is 0. The molecule has 30 heavy (non-hydrogen) atoms. The maximum absolute atomic E-state index is 13.4. The molecule has 0 aromatic rings. The average Bonchev–Trinajstić information content (AvgIpc) is 2.73. The van der Waals surface area contributed by atoms with E-state index in [1.807, 2.05) is 0 Å². The van der Waals surface area contributed by atoms with Crippen LogP contribution in [-0.4, -0.2) is 42.7 Å². The minimum atomic E-state index is -3.72. The zero-order chi connectivity index (χ0) is 22.0. The van der Waals surface area contributed by atoms with Gasteiger partial charge in [-0.3, -0.25) is 4.84 Å². The van der Waals surface area contributed by atoms with Gasteiger partial charge < -0.3 is 4.89 Å². The van der Waals surface area contributed by atoms with E-state index in [2.05, 4.69) is 0 Å². The fraction of sp³-hybridized carbons (Fsp3) is 0.909. The van der Waals surface area contributed by atoms with Crippen LogP contribution in [0.3, 0.4) is 0 Å². The largest absolute Gasteiger partial charge is 0.631 e. The minimum Gasteiger partial charge on any atom is -0.631 e. The van der Waals surface area contributed by atoms with Crippen LogP contribution in [0, 0.1) is 0 Å². The molecule has 0 aliphatic heterocycles. The average molecular weight is 447 g/mol. The summed E-state index contributed by atoms with van der Waals surface area (Å²) in [6.45, 7) is 5.25. The van der Waals surface area contributed by atoms with E-state index in [1.165, 1.54) is 19.8 Å². The van der Waals surface area contributed by atoms with Crippen LogP contribution in [0.15, 0.2) is 0 Å². The normalized spacial score (nSPS) is 20.3. The van der Waals surface area contributed by atoms with Crippen molar-refractivity contribution in [1.82, 2.24) is 0 Å². The number of carbonyl (C=O) groups excluding carboxylic acids is 2. The number of rotatable bonds is 12. The second-order valence-corrected chi connectivity index (χ2v) is 10.8. The molecule has 0 aromatic carbocycles. The van der Waals surface area contributed by atoms with Crippen molar-refractivity contribution in [2.75, 3.05) is 13.2 Å². The quantitative estimate of drug-likeness (QED) is 0.282. The number of carbonyl (C=O) groups is 2. The van der Waals surface area contributed by atoms with Crippen LogP contribution in [0.25, 0.3) is 0 Å². The number of hydroxylamine groups is 2. The standard InChI is InChI=1S/C22H40NO6P/c1-4-27-30(26,28-5-2)21(17-16-18(3)24)22(25)29-23(19-12-8-6-9-13-19)20-14-10-7-11-15-20/h19-21H,4-17H2,1-3H3/q+1/p+1. The topological polar surface area (TPSA) is 92.2 Å². The summed E-state index contributed by atoms with van der Waals surface area (Å²) in [6, 6.07) is 0.579. The molecule has 1 N–H and O–H groups in total. The minimum absolute atomic E-state index is 0.0592. The molecule has 0 amide bonds. The molecule has 0 heterocycles. The highest BCUT2D eigenvalue weighted by molar-refractivity contribution is 7.61. The van der Waals surface area contributed by atoms with Gasteiger partial charge in [0.2, 0.25) is 10.5 Å². The summed E-state index contributed by atoms with van der Waals surface area (Å²) < 4.78 is 10.9. The van der Waals surface area contributed by atoms with Crippen LogP contribution < -0.4 is 9.96 Å². The maximum Gasteiger partial charge on any atom is 0.441 e. The van der Waals surface area contributed by atoms with Crippen LogP contribution in [0.1, 0.15) is 97.8 Å². The van der Waals surface area contributed by atoms with E-state index in [0.717, 1.165) is 56.4 Å². The highest BCUT2D eigenvalue weighted by atomic mass is 31.2. The summed E-state index contributed by atoms with van der Waals surface area (Å²) in [5, 5.41) is 0.895. The third kappa shape index (κ3) is 7.52. The van der Waals surface area contributed by atoms with Gasteiger partial charge in [0.25, 0.3) is 7.94 Å². The van der Waals surface area contributed by atoms with Crippen molar-refractivity contribution in [2.24, 2.45) is 0 Å². The Balaban J connectivity index is 2.21. The second kappa shape index (κ2) is 13.1. The molecule has 1 unspecified atom stereocenters. The summed E-state index contributed by atoms with van der Waals surface area (Å²) in [5.41, 5.74) is -1.07. The molecule has 2 saturated carbocycles. The van der Waals surface area contributed by atoms with Gasteiger partial charge in [0.1, 0.15) is 12.1 Å². The molecule has 2 aliphatic rings. The molecule has 2 rings (SSSR count). The van der Waals surface area contributed by atoms with E-state index in [0.29, 0.717) is 0 Å². The first-order valence-corrected chi connectivity index (χ1v) is 13.5. The Morgan fingerprint density at radius 1 is 1.00 bits per heavy atom. The summed E-state index contributed by atoms with van der Waals surface area (Å²) in [5.74, 6) is -0.608. The third-order valence-corrected chi connectivity index (χ3v) is 8.74. The molecule has 2 aliphatic carbocycles. The van der Waals surface area contributed by atoms with Crippen LogP contribution >= 0.6 is 7.94 Å². The molecule has 1 atom stereocenters. The molecule has 2 fully saturated rings. The predicted molar refractivity (Wildman–Crippen MR) is 115 cm³/mol. The highest BCUT2D eigenvalue weighted by Crippen LogP contribution is 2.58. The van der Waals surface area contributed by atoms with E-state index < -0.39 is 19.6 Å². The zero-order valence-corrected chi connectivity index (χ0v) is 19.9. The van der Waals surface area contributed by atoms with Crippen molar-refractivity contribution in [3.8, 4) is 0 Å². The fourth-order valence-electron chi connectivity index (χ4n) is 4.78. The summed E-state index contributed by atoms with van der Waals surface area (Å²) in [7, 11) is -3.72. The zero-order valence-electron chi connectivity index (χ0n) is 19.0.